The molecule has 2 heterocycles. The normalized spacial score (nSPS) is 10.8. The minimum Gasteiger partial charge on any atom is -0.397 e. The molecule has 0 fully saturated rings. The van der Waals surface area contributed by atoms with Crippen molar-refractivity contribution in [3.8, 4) is 0 Å². The molecule has 0 radical (unpaired) electrons. The second-order valence-corrected chi connectivity index (χ2v) is 5.71. The van der Waals surface area contributed by atoms with Crippen molar-refractivity contribution in [3.63, 3.8) is 0 Å². The van der Waals surface area contributed by atoms with Gasteiger partial charge in [0.2, 0.25) is 0 Å². The summed E-state index contributed by atoms with van der Waals surface area (Å²) in [5.41, 5.74) is 7.30. The van der Waals surface area contributed by atoms with E-state index >= 15 is 0 Å². The number of hydrogen-bond donors (Lipinski definition) is 2. The van der Waals surface area contributed by atoms with Gasteiger partial charge in [0.15, 0.2) is 0 Å². The van der Waals surface area contributed by atoms with Crippen LogP contribution in [0.5, 0.6) is 0 Å². The van der Waals surface area contributed by atoms with Crippen LogP contribution in [0.2, 0.25) is 0 Å². The molecule has 0 unspecified atom stereocenters. The van der Waals surface area contributed by atoms with Gasteiger partial charge >= 0.3 is 0 Å². The minimum absolute atomic E-state index is 0.139. The van der Waals surface area contributed by atoms with Crippen LogP contribution in [-0.2, 0) is 0 Å². The van der Waals surface area contributed by atoms with Gasteiger partial charge < -0.3 is 11.1 Å². The second kappa shape index (κ2) is 5.14. The number of pyridine rings is 1. The first kappa shape index (κ1) is 13.5. The van der Waals surface area contributed by atoms with Crippen molar-refractivity contribution in [1.82, 2.24) is 4.98 Å². The Kier molecular flexibility index (Phi) is 3.31. The highest BCUT2D eigenvalue weighted by Gasteiger charge is 2.17. The molecule has 106 valence electrons. The molecule has 0 aliphatic heterocycles. The first-order chi connectivity index (χ1) is 10.1. The number of aromatic nitrogens is 1. The highest BCUT2D eigenvalue weighted by atomic mass is 32.1. The Morgan fingerprint density at radius 2 is 2.19 bits per heavy atom. The van der Waals surface area contributed by atoms with Crippen molar-refractivity contribution in [2.45, 2.75) is 6.92 Å². The van der Waals surface area contributed by atoms with Gasteiger partial charge in [-0.15, -0.1) is 11.3 Å². The standard InChI is InChI=1S/C15H12FN3OS/c1-8-2-3-11(10(16)6-8)19-15(20)14-13(17)9-4-5-18-7-12(9)21-14/h2-7H,17H2,1H3,(H,19,20). The zero-order valence-electron chi connectivity index (χ0n) is 11.2. The first-order valence-electron chi connectivity index (χ1n) is 6.26. The first-order valence-corrected chi connectivity index (χ1v) is 7.07. The number of carbonyl (C=O) groups is 1. The number of benzene rings is 1. The highest BCUT2D eigenvalue weighted by Crippen LogP contribution is 2.33. The Morgan fingerprint density at radius 3 is 2.90 bits per heavy atom. The van der Waals surface area contributed by atoms with Crippen molar-refractivity contribution in [1.29, 1.82) is 0 Å². The zero-order chi connectivity index (χ0) is 15.0. The van der Waals surface area contributed by atoms with Gasteiger partial charge in [0.05, 0.1) is 16.1 Å². The maximum absolute atomic E-state index is 13.8. The number of aryl methyl sites for hydroxylation is 1. The van der Waals surface area contributed by atoms with Crippen LogP contribution in [0.15, 0.2) is 36.7 Å². The molecule has 0 saturated heterocycles. The molecular formula is C15H12FN3OS. The van der Waals surface area contributed by atoms with Crippen LogP contribution in [0.25, 0.3) is 10.1 Å². The third-order valence-electron chi connectivity index (χ3n) is 3.11. The lowest BCUT2D eigenvalue weighted by Gasteiger charge is -2.06. The predicted molar refractivity (Wildman–Crippen MR) is 83.1 cm³/mol. The molecule has 0 saturated carbocycles. The van der Waals surface area contributed by atoms with Crippen molar-refractivity contribution in [3.05, 3.63) is 52.9 Å². The van der Waals surface area contributed by atoms with E-state index in [2.05, 4.69) is 10.3 Å². The summed E-state index contributed by atoms with van der Waals surface area (Å²) in [7, 11) is 0. The van der Waals surface area contributed by atoms with E-state index in [1.54, 1.807) is 31.5 Å². The number of nitrogens with two attached hydrogens (primary N) is 1. The monoisotopic (exact) mass is 301 g/mol. The van der Waals surface area contributed by atoms with Gasteiger partial charge in [0, 0.05) is 17.8 Å². The van der Waals surface area contributed by atoms with E-state index in [-0.39, 0.29) is 5.69 Å². The van der Waals surface area contributed by atoms with Crippen LogP contribution in [-0.4, -0.2) is 10.9 Å². The average Bonchev–Trinajstić information content (AvgIpc) is 2.80. The zero-order valence-corrected chi connectivity index (χ0v) is 12.0. The van der Waals surface area contributed by atoms with E-state index in [1.165, 1.54) is 23.5 Å². The lowest BCUT2D eigenvalue weighted by molar-refractivity contribution is 0.103. The number of thiophene rings is 1. The maximum Gasteiger partial charge on any atom is 0.267 e. The highest BCUT2D eigenvalue weighted by molar-refractivity contribution is 7.21. The molecule has 3 aromatic rings. The van der Waals surface area contributed by atoms with Gasteiger partial charge in [-0.2, -0.15) is 0 Å². The Bertz CT molecular complexity index is 844. The fourth-order valence-electron chi connectivity index (χ4n) is 2.04. The Labute approximate surface area is 124 Å². The molecule has 1 aromatic carbocycles. The number of carbonyl (C=O) groups excluding carboxylic acids is 1. The molecule has 21 heavy (non-hydrogen) atoms. The third kappa shape index (κ3) is 2.45. The minimum atomic E-state index is -0.468. The molecule has 2 aromatic heterocycles. The molecule has 0 aliphatic rings. The number of fused-ring (bicyclic) bond motifs is 1. The topological polar surface area (TPSA) is 68.0 Å². The van der Waals surface area contributed by atoms with E-state index in [4.69, 9.17) is 5.73 Å². The number of hydrogen-bond acceptors (Lipinski definition) is 4. The molecular weight excluding hydrogens is 289 g/mol. The maximum atomic E-state index is 13.8. The van der Waals surface area contributed by atoms with E-state index in [0.29, 0.717) is 10.6 Å². The molecule has 6 heteroatoms. The number of rotatable bonds is 2. The molecule has 0 aliphatic carbocycles. The average molecular weight is 301 g/mol. The molecule has 1 amide bonds. The summed E-state index contributed by atoms with van der Waals surface area (Å²) < 4.78 is 14.6. The van der Waals surface area contributed by atoms with Crippen LogP contribution in [0.1, 0.15) is 15.2 Å². The van der Waals surface area contributed by atoms with E-state index < -0.39 is 11.7 Å². The summed E-state index contributed by atoms with van der Waals surface area (Å²) in [6.45, 7) is 1.78. The molecule has 0 spiro atoms. The molecule has 4 nitrogen and oxygen atoms in total. The molecule has 3 N–H and O–H groups in total. The van der Waals surface area contributed by atoms with Crippen molar-refractivity contribution in [2.24, 2.45) is 0 Å². The van der Waals surface area contributed by atoms with Gasteiger partial charge in [-0.05, 0) is 30.7 Å². The largest absolute Gasteiger partial charge is 0.397 e. The van der Waals surface area contributed by atoms with Gasteiger partial charge in [-0.1, -0.05) is 6.07 Å². The lowest BCUT2D eigenvalue weighted by atomic mass is 10.2. The van der Waals surface area contributed by atoms with Gasteiger partial charge in [-0.3, -0.25) is 9.78 Å². The van der Waals surface area contributed by atoms with Crippen LogP contribution >= 0.6 is 11.3 Å². The number of halogens is 1. The van der Waals surface area contributed by atoms with E-state index in [1.807, 2.05) is 0 Å². The SMILES string of the molecule is Cc1ccc(NC(=O)c2sc3cnccc3c2N)c(F)c1. The lowest BCUT2D eigenvalue weighted by Crippen LogP contribution is -2.13. The van der Waals surface area contributed by atoms with Gasteiger partial charge in [-0.25, -0.2) is 4.39 Å². The number of anilines is 2. The fourth-order valence-corrected chi connectivity index (χ4v) is 3.03. The summed E-state index contributed by atoms with van der Waals surface area (Å²) in [5, 5.41) is 3.33. The van der Waals surface area contributed by atoms with Crippen molar-refractivity contribution < 1.29 is 9.18 Å². The van der Waals surface area contributed by atoms with Crippen LogP contribution in [0.4, 0.5) is 15.8 Å². The summed E-state index contributed by atoms with van der Waals surface area (Å²) in [5.74, 6) is -0.888. The van der Waals surface area contributed by atoms with Gasteiger partial charge in [0.25, 0.3) is 5.91 Å². The van der Waals surface area contributed by atoms with Crippen LogP contribution < -0.4 is 11.1 Å². The summed E-state index contributed by atoms with van der Waals surface area (Å²) >= 11 is 1.24. The fraction of sp³-hybridized carbons (Fsp3) is 0.0667. The molecule has 0 atom stereocenters. The molecule has 3 rings (SSSR count). The third-order valence-corrected chi connectivity index (χ3v) is 4.27. The Morgan fingerprint density at radius 1 is 1.38 bits per heavy atom. The summed E-state index contributed by atoms with van der Waals surface area (Å²) in [6.07, 6.45) is 3.27. The smallest absolute Gasteiger partial charge is 0.267 e. The van der Waals surface area contributed by atoms with Crippen LogP contribution in [0, 0.1) is 12.7 Å². The Hall–Kier alpha value is -2.47. The summed E-state index contributed by atoms with van der Waals surface area (Å²) in [4.78, 5) is 16.6. The number of nitrogen functional groups attached to an aromatic ring is 1. The van der Waals surface area contributed by atoms with Gasteiger partial charge in [0.1, 0.15) is 10.7 Å². The quantitative estimate of drug-likeness (QED) is 0.760. The van der Waals surface area contributed by atoms with E-state index in [9.17, 15) is 9.18 Å². The Balaban J connectivity index is 1.95. The van der Waals surface area contributed by atoms with E-state index in [0.717, 1.165) is 15.6 Å². The van der Waals surface area contributed by atoms with Crippen molar-refractivity contribution >= 4 is 38.7 Å². The second-order valence-electron chi connectivity index (χ2n) is 4.65. The number of nitrogens with one attached hydrogen (secondary N) is 1. The van der Waals surface area contributed by atoms with Crippen molar-refractivity contribution in [2.75, 3.05) is 11.1 Å². The molecule has 0 bridgehead atoms. The number of amides is 1. The summed E-state index contributed by atoms with van der Waals surface area (Å²) in [6, 6.07) is 6.39. The van der Waals surface area contributed by atoms with Crippen LogP contribution in [0.3, 0.4) is 0 Å². The number of nitrogens with zero attached hydrogens (tertiary/aromatic N) is 1. The predicted octanol–water partition coefficient (Wildman–Crippen LogP) is 3.58.